The molecule has 0 saturated carbocycles. The second-order valence-corrected chi connectivity index (χ2v) is 3.87. The van der Waals surface area contributed by atoms with E-state index >= 15 is 0 Å². The lowest BCUT2D eigenvalue weighted by Gasteiger charge is -2.01. The summed E-state index contributed by atoms with van der Waals surface area (Å²) in [4.78, 5) is 16.1. The molecule has 3 aromatic rings. The second-order valence-electron chi connectivity index (χ2n) is 3.87. The average molecular weight is 239 g/mol. The van der Waals surface area contributed by atoms with Crippen LogP contribution in [0.2, 0.25) is 0 Å². The Kier molecular flexibility index (Phi) is 2.34. The molecule has 0 bridgehead atoms. The first kappa shape index (κ1) is 10.5. The van der Waals surface area contributed by atoms with E-state index in [4.69, 9.17) is 4.42 Å². The summed E-state index contributed by atoms with van der Waals surface area (Å²) in [6.07, 6.45) is 0. The zero-order valence-corrected chi connectivity index (χ0v) is 9.33. The van der Waals surface area contributed by atoms with Crippen molar-refractivity contribution in [3.05, 3.63) is 59.0 Å². The smallest absolute Gasteiger partial charge is 0.347 e. The molecular weight excluding hydrogens is 230 g/mol. The zero-order valence-electron chi connectivity index (χ0n) is 9.33. The van der Waals surface area contributed by atoms with Crippen molar-refractivity contribution >= 4 is 10.9 Å². The van der Waals surface area contributed by atoms with Gasteiger partial charge in [-0.25, -0.2) is 9.78 Å². The third-order valence-corrected chi connectivity index (χ3v) is 2.63. The van der Waals surface area contributed by atoms with Crippen LogP contribution < -0.4 is 5.63 Å². The van der Waals surface area contributed by atoms with Gasteiger partial charge >= 0.3 is 5.63 Å². The van der Waals surface area contributed by atoms with Crippen LogP contribution in [0.3, 0.4) is 0 Å². The van der Waals surface area contributed by atoms with Crippen LogP contribution >= 0.6 is 0 Å². The minimum Gasteiger partial charge on any atom is -0.508 e. The van der Waals surface area contributed by atoms with Crippen LogP contribution in [0.15, 0.2) is 57.7 Å². The number of phenolic OH excluding ortho intramolecular Hbond substituents is 1. The van der Waals surface area contributed by atoms with Gasteiger partial charge in [0, 0.05) is 5.56 Å². The summed E-state index contributed by atoms with van der Waals surface area (Å²) in [7, 11) is 0. The Morgan fingerprint density at radius 1 is 1.06 bits per heavy atom. The van der Waals surface area contributed by atoms with Gasteiger partial charge < -0.3 is 9.52 Å². The Morgan fingerprint density at radius 3 is 2.61 bits per heavy atom. The maximum absolute atomic E-state index is 11.8. The molecule has 1 heterocycles. The van der Waals surface area contributed by atoms with Gasteiger partial charge in [0.15, 0.2) is 0 Å². The van der Waals surface area contributed by atoms with Crippen molar-refractivity contribution in [1.82, 2.24) is 4.98 Å². The number of fused-ring (bicyclic) bond motifs is 1. The summed E-state index contributed by atoms with van der Waals surface area (Å²) in [6.45, 7) is 0. The number of hydrogen-bond acceptors (Lipinski definition) is 4. The van der Waals surface area contributed by atoms with Gasteiger partial charge in [0.05, 0.1) is 10.9 Å². The highest BCUT2D eigenvalue weighted by Crippen LogP contribution is 2.20. The molecule has 4 heteroatoms. The van der Waals surface area contributed by atoms with Crippen molar-refractivity contribution in [2.45, 2.75) is 0 Å². The lowest BCUT2D eigenvalue weighted by Crippen LogP contribution is -2.02. The standard InChI is InChI=1S/C14H9NO3/c16-10-6-7-12-11(8-10)14(17)18-13(15-12)9-4-2-1-3-5-9/h1-8,16H. The normalized spacial score (nSPS) is 10.7. The summed E-state index contributed by atoms with van der Waals surface area (Å²) >= 11 is 0. The van der Waals surface area contributed by atoms with Crippen LogP contribution in [0, 0.1) is 0 Å². The van der Waals surface area contributed by atoms with Gasteiger partial charge in [0.2, 0.25) is 5.89 Å². The van der Waals surface area contributed by atoms with Crippen LogP contribution in [-0.4, -0.2) is 10.1 Å². The van der Waals surface area contributed by atoms with Crippen LogP contribution in [-0.2, 0) is 0 Å². The van der Waals surface area contributed by atoms with Crippen molar-refractivity contribution in [1.29, 1.82) is 0 Å². The molecule has 18 heavy (non-hydrogen) atoms. The molecule has 0 amide bonds. The maximum atomic E-state index is 11.8. The SMILES string of the molecule is O=c1oc(-c2ccccc2)nc2ccc(O)cc12. The fourth-order valence-electron chi connectivity index (χ4n) is 1.76. The van der Waals surface area contributed by atoms with Gasteiger partial charge in [0.1, 0.15) is 5.75 Å². The summed E-state index contributed by atoms with van der Waals surface area (Å²) in [5.74, 6) is 0.294. The Labute approximate surface area is 102 Å². The van der Waals surface area contributed by atoms with E-state index in [-0.39, 0.29) is 17.0 Å². The van der Waals surface area contributed by atoms with Crippen molar-refractivity contribution in [2.75, 3.05) is 0 Å². The predicted molar refractivity (Wildman–Crippen MR) is 67.4 cm³/mol. The van der Waals surface area contributed by atoms with Crippen LogP contribution in [0.25, 0.3) is 22.4 Å². The molecule has 88 valence electrons. The Morgan fingerprint density at radius 2 is 1.83 bits per heavy atom. The number of aromatic hydroxyl groups is 1. The van der Waals surface area contributed by atoms with E-state index in [1.807, 2.05) is 30.3 Å². The van der Waals surface area contributed by atoms with Gasteiger partial charge in [-0.05, 0) is 30.3 Å². The highest BCUT2D eigenvalue weighted by atomic mass is 16.4. The van der Waals surface area contributed by atoms with Gasteiger partial charge in [-0.1, -0.05) is 18.2 Å². The molecule has 0 atom stereocenters. The van der Waals surface area contributed by atoms with Crippen molar-refractivity contribution in [3.8, 4) is 17.2 Å². The summed E-state index contributed by atoms with van der Waals surface area (Å²) in [5, 5.41) is 9.61. The molecule has 2 aromatic carbocycles. The van der Waals surface area contributed by atoms with Crippen molar-refractivity contribution < 1.29 is 9.52 Å². The number of rotatable bonds is 1. The Hall–Kier alpha value is -2.62. The van der Waals surface area contributed by atoms with E-state index in [1.54, 1.807) is 6.07 Å². The fraction of sp³-hybridized carbons (Fsp3) is 0. The van der Waals surface area contributed by atoms with E-state index in [9.17, 15) is 9.90 Å². The molecule has 0 unspecified atom stereocenters. The lowest BCUT2D eigenvalue weighted by molar-refractivity contribution is 0.474. The molecule has 0 radical (unpaired) electrons. The lowest BCUT2D eigenvalue weighted by atomic mass is 10.2. The van der Waals surface area contributed by atoms with E-state index in [0.29, 0.717) is 5.52 Å². The number of phenols is 1. The first-order valence-electron chi connectivity index (χ1n) is 5.43. The molecule has 0 aliphatic carbocycles. The summed E-state index contributed by atoms with van der Waals surface area (Å²) < 4.78 is 5.15. The first-order valence-corrected chi connectivity index (χ1v) is 5.43. The molecule has 0 fully saturated rings. The number of benzene rings is 2. The van der Waals surface area contributed by atoms with Crippen LogP contribution in [0.1, 0.15) is 0 Å². The first-order chi connectivity index (χ1) is 8.74. The van der Waals surface area contributed by atoms with Crippen LogP contribution in [0.5, 0.6) is 5.75 Å². The number of hydrogen-bond donors (Lipinski definition) is 1. The third kappa shape index (κ3) is 1.73. The number of nitrogens with zero attached hydrogens (tertiary/aromatic N) is 1. The van der Waals surface area contributed by atoms with Gasteiger partial charge in [-0.2, -0.15) is 0 Å². The number of aromatic nitrogens is 1. The van der Waals surface area contributed by atoms with Crippen LogP contribution in [0.4, 0.5) is 0 Å². The van der Waals surface area contributed by atoms with Crippen molar-refractivity contribution in [2.24, 2.45) is 0 Å². The topological polar surface area (TPSA) is 63.3 Å². The molecule has 1 aromatic heterocycles. The van der Waals surface area contributed by atoms with Gasteiger partial charge in [0.25, 0.3) is 0 Å². The molecule has 0 aliphatic heterocycles. The second kappa shape index (κ2) is 4.00. The summed E-state index contributed by atoms with van der Waals surface area (Å²) in [6, 6.07) is 13.6. The molecular formula is C14H9NO3. The van der Waals surface area contributed by atoms with E-state index < -0.39 is 5.63 Å². The predicted octanol–water partition coefficient (Wildman–Crippen LogP) is 2.56. The monoisotopic (exact) mass is 239 g/mol. The Bertz CT molecular complexity index is 763. The summed E-state index contributed by atoms with van der Waals surface area (Å²) in [5.41, 5.74) is 0.738. The molecule has 3 rings (SSSR count). The van der Waals surface area contributed by atoms with E-state index in [2.05, 4.69) is 4.98 Å². The van der Waals surface area contributed by atoms with E-state index in [0.717, 1.165) is 5.56 Å². The molecule has 1 N–H and O–H groups in total. The van der Waals surface area contributed by atoms with E-state index in [1.165, 1.54) is 12.1 Å². The fourth-order valence-corrected chi connectivity index (χ4v) is 1.76. The highest BCUT2D eigenvalue weighted by Gasteiger charge is 2.08. The third-order valence-electron chi connectivity index (χ3n) is 2.63. The Balaban J connectivity index is 2.29. The van der Waals surface area contributed by atoms with Crippen molar-refractivity contribution in [3.63, 3.8) is 0 Å². The zero-order chi connectivity index (χ0) is 12.5. The highest BCUT2D eigenvalue weighted by molar-refractivity contribution is 5.80. The maximum Gasteiger partial charge on any atom is 0.347 e. The quantitative estimate of drug-likeness (QED) is 0.708. The molecule has 4 nitrogen and oxygen atoms in total. The molecule has 0 aliphatic rings. The minimum atomic E-state index is -0.505. The average Bonchev–Trinajstić information content (AvgIpc) is 2.40. The van der Waals surface area contributed by atoms with Gasteiger partial charge in [-0.3, -0.25) is 0 Å². The largest absolute Gasteiger partial charge is 0.508 e. The van der Waals surface area contributed by atoms with Gasteiger partial charge in [-0.15, -0.1) is 0 Å². The molecule has 0 spiro atoms. The molecule has 0 saturated heterocycles. The minimum absolute atomic E-state index is 0.0176.